The van der Waals surface area contributed by atoms with Crippen LogP contribution in [0.4, 0.5) is 11.8 Å². The summed E-state index contributed by atoms with van der Waals surface area (Å²) in [5.41, 5.74) is 1.63. The van der Waals surface area contributed by atoms with Gasteiger partial charge in [0.2, 0.25) is 5.95 Å². The molecule has 9 nitrogen and oxygen atoms in total. The number of amides is 1. The number of nitrogens with one attached hydrogen (secondary N) is 2. The van der Waals surface area contributed by atoms with Crippen LogP contribution in [0.3, 0.4) is 0 Å². The Morgan fingerprint density at radius 3 is 2.54 bits per heavy atom. The summed E-state index contributed by atoms with van der Waals surface area (Å²) in [5, 5.41) is 8.37. The minimum Gasteiger partial charge on any atom is -0.480 e. The molecule has 2 N–H and O–H groups in total. The van der Waals surface area contributed by atoms with Gasteiger partial charge in [-0.05, 0) is 56.4 Å². The van der Waals surface area contributed by atoms with Crippen molar-refractivity contribution in [1.82, 2.24) is 15.3 Å². The van der Waals surface area contributed by atoms with E-state index in [1.807, 2.05) is 62.3 Å². The lowest BCUT2D eigenvalue weighted by molar-refractivity contribution is -0.124. The van der Waals surface area contributed by atoms with E-state index in [1.54, 1.807) is 6.07 Å². The first kappa shape index (κ1) is 24.5. The van der Waals surface area contributed by atoms with Crippen molar-refractivity contribution in [3.05, 3.63) is 64.5 Å². The number of rotatable bonds is 7. The quantitative estimate of drug-likeness (QED) is 0.365. The molecule has 5 rings (SSSR count). The van der Waals surface area contributed by atoms with E-state index in [4.69, 9.17) is 19.1 Å². The summed E-state index contributed by atoms with van der Waals surface area (Å²) < 4.78 is 11.0. The molecule has 2 aromatic heterocycles. The zero-order chi connectivity index (χ0) is 25.9. The number of nitrogens with zero attached hydrogens (tertiary/aromatic N) is 3. The fourth-order valence-corrected chi connectivity index (χ4v) is 4.87. The number of aryl methyl sites for hydroxylation is 1. The topological polar surface area (TPSA) is 110 Å². The van der Waals surface area contributed by atoms with Gasteiger partial charge in [0, 0.05) is 43.0 Å². The third-order valence-electron chi connectivity index (χ3n) is 6.73. The smallest absolute Gasteiger partial charge is 0.336 e. The minimum atomic E-state index is -0.442. The fourth-order valence-electron chi connectivity index (χ4n) is 4.87. The first-order chi connectivity index (χ1) is 17.9. The molecule has 1 saturated carbocycles. The fraction of sp³-hybridized carbons (Fsp3) is 0.357. The van der Waals surface area contributed by atoms with E-state index in [0.29, 0.717) is 17.3 Å². The molecule has 1 aliphatic rings. The van der Waals surface area contributed by atoms with Crippen LogP contribution in [0.25, 0.3) is 21.9 Å². The maximum absolute atomic E-state index is 12.6. The number of carbonyl (C=O) groups is 1. The molecule has 0 spiro atoms. The molecule has 9 heteroatoms. The summed E-state index contributed by atoms with van der Waals surface area (Å²) in [7, 11) is 3.96. The molecule has 2 heterocycles. The standard InChI is InChI=1S/C28H31N5O4/c1-17-15-25(35)37-26-20(17)8-6-10-23(26)36-16-24(34)29-18-11-13-19(14-12-18)30-28-31-22-9-5-4-7-21(22)27(32-28)33(2)3/h4-10,15,18-19H,11-14,16H2,1-3H3,(H,29,34)(H,30,31,32)/t18-,19+. The Balaban J connectivity index is 1.15. The van der Waals surface area contributed by atoms with Gasteiger partial charge in [0.15, 0.2) is 17.9 Å². The van der Waals surface area contributed by atoms with Crippen LogP contribution in [0.15, 0.2) is 57.7 Å². The van der Waals surface area contributed by atoms with Crippen molar-refractivity contribution in [2.75, 3.05) is 30.9 Å². The van der Waals surface area contributed by atoms with E-state index in [9.17, 15) is 9.59 Å². The molecule has 1 fully saturated rings. The lowest BCUT2D eigenvalue weighted by Crippen LogP contribution is -2.42. The highest BCUT2D eigenvalue weighted by atomic mass is 16.5. The van der Waals surface area contributed by atoms with Crippen molar-refractivity contribution in [1.29, 1.82) is 0 Å². The van der Waals surface area contributed by atoms with E-state index in [1.165, 1.54) is 6.07 Å². The number of para-hydroxylation sites is 2. The zero-order valence-electron chi connectivity index (χ0n) is 21.3. The number of carbonyl (C=O) groups excluding carboxylic acids is 1. The normalized spacial score (nSPS) is 17.5. The van der Waals surface area contributed by atoms with Gasteiger partial charge >= 0.3 is 5.63 Å². The lowest BCUT2D eigenvalue weighted by atomic mass is 9.91. The summed E-state index contributed by atoms with van der Waals surface area (Å²) in [4.78, 5) is 35.8. The summed E-state index contributed by atoms with van der Waals surface area (Å²) >= 11 is 0. The number of anilines is 2. The van der Waals surface area contributed by atoms with Crippen LogP contribution < -0.4 is 25.9 Å². The molecule has 0 atom stereocenters. The lowest BCUT2D eigenvalue weighted by Gasteiger charge is -2.30. The van der Waals surface area contributed by atoms with Gasteiger partial charge in [0.05, 0.1) is 5.52 Å². The molecule has 192 valence electrons. The molecule has 2 aromatic carbocycles. The summed E-state index contributed by atoms with van der Waals surface area (Å²) in [6, 6.07) is 15.1. The van der Waals surface area contributed by atoms with Crippen molar-refractivity contribution in [2.45, 2.75) is 44.7 Å². The first-order valence-corrected chi connectivity index (χ1v) is 12.5. The molecular weight excluding hydrogens is 470 g/mol. The van der Waals surface area contributed by atoms with E-state index in [0.717, 1.165) is 53.4 Å². The number of aromatic nitrogens is 2. The van der Waals surface area contributed by atoms with Crippen molar-refractivity contribution >= 4 is 39.5 Å². The van der Waals surface area contributed by atoms with Crippen LogP contribution in [0.2, 0.25) is 0 Å². The highest BCUT2D eigenvalue weighted by Gasteiger charge is 2.24. The Kier molecular flexibility index (Phi) is 6.94. The van der Waals surface area contributed by atoms with Gasteiger partial charge in [0.1, 0.15) is 5.82 Å². The second-order valence-electron chi connectivity index (χ2n) is 9.71. The molecule has 1 aliphatic carbocycles. The van der Waals surface area contributed by atoms with Crippen molar-refractivity contribution < 1.29 is 13.9 Å². The number of ether oxygens (including phenoxy) is 1. The van der Waals surface area contributed by atoms with Crippen molar-refractivity contribution in [2.24, 2.45) is 0 Å². The molecule has 0 radical (unpaired) electrons. The first-order valence-electron chi connectivity index (χ1n) is 12.5. The van der Waals surface area contributed by atoms with Crippen LogP contribution in [0.1, 0.15) is 31.2 Å². The maximum atomic E-state index is 12.6. The van der Waals surface area contributed by atoms with Gasteiger partial charge in [0.25, 0.3) is 5.91 Å². The molecule has 0 saturated heterocycles. The van der Waals surface area contributed by atoms with Crippen molar-refractivity contribution in [3.8, 4) is 5.75 Å². The third kappa shape index (κ3) is 5.50. The Morgan fingerprint density at radius 1 is 1.03 bits per heavy atom. The highest BCUT2D eigenvalue weighted by molar-refractivity contribution is 5.90. The van der Waals surface area contributed by atoms with E-state index in [-0.39, 0.29) is 24.6 Å². The van der Waals surface area contributed by atoms with Crippen molar-refractivity contribution in [3.63, 3.8) is 0 Å². The average Bonchev–Trinajstić information content (AvgIpc) is 2.88. The molecular formula is C28H31N5O4. The molecule has 4 aromatic rings. The molecule has 0 unspecified atom stereocenters. The molecule has 0 bridgehead atoms. The van der Waals surface area contributed by atoms with Crippen LogP contribution in [0.5, 0.6) is 5.75 Å². The SMILES string of the molecule is Cc1cc(=O)oc2c(OCC(=O)N[C@H]3CC[C@@H](Nc4nc(N(C)C)c5ccccc5n4)CC3)cccc12. The van der Waals surface area contributed by atoms with Gasteiger partial charge in [-0.3, -0.25) is 4.79 Å². The monoisotopic (exact) mass is 501 g/mol. The van der Waals surface area contributed by atoms with Gasteiger partial charge < -0.3 is 24.7 Å². The predicted octanol–water partition coefficient (Wildman–Crippen LogP) is 4.03. The second-order valence-corrected chi connectivity index (χ2v) is 9.71. The Hall–Kier alpha value is -4.14. The average molecular weight is 502 g/mol. The van der Waals surface area contributed by atoms with E-state index >= 15 is 0 Å². The Labute approximate surface area is 214 Å². The highest BCUT2D eigenvalue weighted by Crippen LogP contribution is 2.28. The maximum Gasteiger partial charge on any atom is 0.336 e. The van der Waals surface area contributed by atoms with Gasteiger partial charge in [-0.2, -0.15) is 4.98 Å². The van der Waals surface area contributed by atoms with Gasteiger partial charge in [-0.25, -0.2) is 9.78 Å². The van der Waals surface area contributed by atoms with Crippen LogP contribution >= 0.6 is 0 Å². The number of hydrogen-bond acceptors (Lipinski definition) is 8. The van der Waals surface area contributed by atoms with Gasteiger partial charge in [-0.15, -0.1) is 0 Å². The van der Waals surface area contributed by atoms with E-state index < -0.39 is 5.63 Å². The Bertz CT molecular complexity index is 1490. The second kappa shape index (κ2) is 10.5. The third-order valence-corrected chi connectivity index (χ3v) is 6.73. The van der Waals surface area contributed by atoms with Crippen LogP contribution in [-0.2, 0) is 4.79 Å². The summed E-state index contributed by atoms with van der Waals surface area (Å²) in [6.45, 7) is 1.70. The number of fused-ring (bicyclic) bond motifs is 2. The number of hydrogen-bond donors (Lipinski definition) is 2. The number of benzene rings is 2. The summed E-state index contributed by atoms with van der Waals surface area (Å²) in [6.07, 6.45) is 3.49. The molecule has 0 aliphatic heterocycles. The van der Waals surface area contributed by atoms with Crippen LogP contribution in [-0.4, -0.2) is 48.7 Å². The predicted molar refractivity (Wildman–Crippen MR) is 144 cm³/mol. The minimum absolute atomic E-state index is 0.0803. The molecule has 37 heavy (non-hydrogen) atoms. The zero-order valence-corrected chi connectivity index (χ0v) is 21.3. The Morgan fingerprint density at radius 2 is 1.76 bits per heavy atom. The van der Waals surface area contributed by atoms with Gasteiger partial charge in [-0.1, -0.05) is 24.3 Å². The molecule has 1 amide bonds. The van der Waals surface area contributed by atoms with Crippen LogP contribution in [0, 0.1) is 6.92 Å². The summed E-state index contributed by atoms with van der Waals surface area (Å²) in [5.74, 6) is 1.70. The van der Waals surface area contributed by atoms with E-state index in [2.05, 4.69) is 10.6 Å². The largest absolute Gasteiger partial charge is 0.480 e.